The van der Waals surface area contributed by atoms with Crippen LogP contribution in [0, 0.1) is 5.92 Å². The highest BCUT2D eigenvalue weighted by molar-refractivity contribution is 7.89. The Morgan fingerprint density at radius 2 is 1.92 bits per heavy atom. The summed E-state index contributed by atoms with van der Waals surface area (Å²) in [5.41, 5.74) is 0.378. The van der Waals surface area contributed by atoms with Crippen LogP contribution in [0.25, 0.3) is 0 Å². The Morgan fingerprint density at radius 3 is 2.48 bits per heavy atom. The zero-order valence-corrected chi connectivity index (χ0v) is 16.9. The summed E-state index contributed by atoms with van der Waals surface area (Å²) in [6, 6.07) is 6.10. The topological polar surface area (TPSA) is 66.5 Å². The van der Waals surface area contributed by atoms with E-state index in [0.29, 0.717) is 18.0 Å². The lowest BCUT2D eigenvalue weighted by Crippen LogP contribution is -2.33. The quantitative estimate of drug-likeness (QED) is 0.685. The molecule has 25 heavy (non-hydrogen) atoms. The summed E-state index contributed by atoms with van der Waals surface area (Å²) in [7, 11) is -2.04. The van der Waals surface area contributed by atoms with Crippen LogP contribution in [0.5, 0.6) is 0 Å². The zero-order valence-electron chi connectivity index (χ0n) is 16.1. The molecule has 142 valence electrons. The Labute approximate surface area is 152 Å². The Balaban J connectivity index is 2.85. The molecular formula is C19H32N2O3S. The summed E-state index contributed by atoms with van der Waals surface area (Å²) in [6.45, 7) is 8.54. The lowest BCUT2D eigenvalue weighted by Gasteiger charge is -2.21. The van der Waals surface area contributed by atoms with E-state index in [9.17, 15) is 13.2 Å². The minimum Gasteiger partial charge on any atom is -0.352 e. The van der Waals surface area contributed by atoms with E-state index in [-0.39, 0.29) is 16.8 Å². The Hall–Kier alpha value is -1.40. The van der Waals surface area contributed by atoms with Crippen LogP contribution in [0.2, 0.25) is 0 Å². The number of nitrogens with one attached hydrogen (secondary N) is 1. The van der Waals surface area contributed by atoms with Gasteiger partial charge in [0.2, 0.25) is 10.0 Å². The van der Waals surface area contributed by atoms with Gasteiger partial charge in [-0.15, -0.1) is 0 Å². The van der Waals surface area contributed by atoms with Crippen molar-refractivity contribution in [1.82, 2.24) is 9.62 Å². The smallest absolute Gasteiger partial charge is 0.251 e. The van der Waals surface area contributed by atoms with Gasteiger partial charge in [-0.3, -0.25) is 4.79 Å². The van der Waals surface area contributed by atoms with Crippen LogP contribution in [-0.4, -0.2) is 38.3 Å². The summed E-state index contributed by atoms with van der Waals surface area (Å²) in [5.74, 6) is 0.238. The maximum absolute atomic E-state index is 12.6. The van der Waals surface area contributed by atoms with Crippen LogP contribution in [0.15, 0.2) is 29.2 Å². The van der Waals surface area contributed by atoms with Crippen LogP contribution in [0.1, 0.15) is 63.7 Å². The highest BCUT2D eigenvalue weighted by atomic mass is 32.2. The SMILES string of the molecule is CCCCC(CC)CNC(=O)c1cccc(S(=O)(=O)N(C)C(C)C)c1. The normalized spacial score (nSPS) is 13.2. The molecule has 0 saturated carbocycles. The number of rotatable bonds is 10. The largest absolute Gasteiger partial charge is 0.352 e. The van der Waals surface area contributed by atoms with E-state index in [1.54, 1.807) is 19.2 Å². The molecule has 0 aliphatic carbocycles. The van der Waals surface area contributed by atoms with Crippen LogP contribution >= 0.6 is 0 Å². The third-order valence-corrected chi connectivity index (χ3v) is 6.62. The first-order chi connectivity index (χ1) is 11.7. The average Bonchev–Trinajstić information content (AvgIpc) is 2.60. The molecule has 0 aliphatic heterocycles. The van der Waals surface area contributed by atoms with E-state index in [0.717, 1.165) is 25.7 Å². The van der Waals surface area contributed by atoms with Crippen molar-refractivity contribution in [3.8, 4) is 0 Å². The minimum absolute atomic E-state index is 0.147. The van der Waals surface area contributed by atoms with Crippen molar-refractivity contribution >= 4 is 15.9 Å². The van der Waals surface area contributed by atoms with Crippen LogP contribution < -0.4 is 5.32 Å². The first-order valence-corrected chi connectivity index (χ1v) is 10.5. The molecule has 0 fully saturated rings. The third-order valence-electron chi connectivity index (χ3n) is 4.59. The molecule has 1 N–H and O–H groups in total. The molecule has 0 radical (unpaired) electrons. The molecule has 1 amide bonds. The van der Waals surface area contributed by atoms with Gasteiger partial charge in [-0.2, -0.15) is 4.31 Å². The number of hydrogen-bond donors (Lipinski definition) is 1. The zero-order chi connectivity index (χ0) is 19.0. The van der Waals surface area contributed by atoms with Gasteiger partial charge in [0.15, 0.2) is 0 Å². The minimum atomic E-state index is -3.59. The van der Waals surface area contributed by atoms with Gasteiger partial charge in [0.1, 0.15) is 0 Å². The summed E-state index contributed by atoms with van der Waals surface area (Å²) in [5, 5.41) is 2.94. The second-order valence-corrected chi connectivity index (χ2v) is 8.77. The average molecular weight is 369 g/mol. The van der Waals surface area contributed by atoms with Crippen molar-refractivity contribution in [2.45, 2.75) is 64.3 Å². The van der Waals surface area contributed by atoms with Gasteiger partial charge in [-0.25, -0.2) is 8.42 Å². The Bertz CT molecular complexity index is 656. The second kappa shape index (κ2) is 9.92. The van der Waals surface area contributed by atoms with Gasteiger partial charge in [-0.05, 0) is 44.4 Å². The molecule has 1 aromatic carbocycles. The van der Waals surface area contributed by atoms with E-state index in [1.165, 1.54) is 16.4 Å². The molecule has 1 unspecified atom stereocenters. The summed E-state index contributed by atoms with van der Waals surface area (Å²) in [6.07, 6.45) is 4.42. The van der Waals surface area contributed by atoms with Crippen LogP contribution in [0.4, 0.5) is 0 Å². The Kier molecular flexibility index (Phi) is 8.59. The van der Waals surface area contributed by atoms with Crippen molar-refractivity contribution in [2.24, 2.45) is 5.92 Å². The van der Waals surface area contributed by atoms with Crippen molar-refractivity contribution in [1.29, 1.82) is 0 Å². The van der Waals surface area contributed by atoms with Gasteiger partial charge in [0.25, 0.3) is 5.91 Å². The maximum atomic E-state index is 12.6. The third kappa shape index (κ3) is 6.12. The number of unbranched alkanes of at least 4 members (excludes halogenated alkanes) is 1. The van der Waals surface area contributed by atoms with Gasteiger partial charge in [-0.1, -0.05) is 39.2 Å². The predicted octanol–water partition coefficient (Wildman–Crippen LogP) is 3.66. The van der Waals surface area contributed by atoms with Gasteiger partial charge < -0.3 is 5.32 Å². The van der Waals surface area contributed by atoms with E-state index in [2.05, 4.69) is 19.2 Å². The molecule has 5 nitrogen and oxygen atoms in total. The number of benzene rings is 1. The summed E-state index contributed by atoms with van der Waals surface area (Å²) >= 11 is 0. The second-order valence-electron chi connectivity index (χ2n) is 6.77. The maximum Gasteiger partial charge on any atom is 0.251 e. The fourth-order valence-corrected chi connectivity index (χ4v) is 3.94. The number of nitrogens with zero attached hydrogens (tertiary/aromatic N) is 1. The molecule has 1 rings (SSSR count). The molecule has 0 aromatic heterocycles. The first-order valence-electron chi connectivity index (χ1n) is 9.10. The first kappa shape index (κ1) is 21.6. The fourth-order valence-electron chi connectivity index (χ4n) is 2.52. The van der Waals surface area contributed by atoms with Gasteiger partial charge >= 0.3 is 0 Å². The number of hydrogen-bond acceptors (Lipinski definition) is 3. The molecule has 0 saturated heterocycles. The molecule has 0 bridgehead atoms. The molecule has 1 aromatic rings. The highest BCUT2D eigenvalue weighted by Gasteiger charge is 2.24. The molecule has 0 heterocycles. The number of carbonyl (C=O) groups excluding carboxylic acids is 1. The van der Waals surface area contributed by atoms with Crippen molar-refractivity contribution < 1.29 is 13.2 Å². The fraction of sp³-hybridized carbons (Fsp3) is 0.632. The molecule has 0 spiro atoms. The van der Waals surface area contributed by atoms with Crippen LogP contribution in [-0.2, 0) is 10.0 Å². The molecule has 6 heteroatoms. The Morgan fingerprint density at radius 1 is 1.24 bits per heavy atom. The van der Waals surface area contributed by atoms with E-state index in [1.807, 2.05) is 13.8 Å². The number of amides is 1. The lowest BCUT2D eigenvalue weighted by atomic mass is 9.99. The van der Waals surface area contributed by atoms with Crippen molar-refractivity contribution in [3.63, 3.8) is 0 Å². The van der Waals surface area contributed by atoms with Gasteiger partial charge in [0, 0.05) is 25.2 Å². The van der Waals surface area contributed by atoms with Crippen molar-refractivity contribution in [3.05, 3.63) is 29.8 Å². The lowest BCUT2D eigenvalue weighted by molar-refractivity contribution is 0.0945. The van der Waals surface area contributed by atoms with E-state index >= 15 is 0 Å². The van der Waals surface area contributed by atoms with Crippen LogP contribution in [0.3, 0.4) is 0 Å². The summed E-state index contributed by atoms with van der Waals surface area (Å²) in [4.78, 5) is 12.5. The van der Waals surface area contributed by atoms with E-state index in [4.69, 9.17) is 0 Å². The summed E-state index contributed by atoms with van der Waals surface area (Å²) < 4.78 is 26.5. The standard InChI is InChI=1S/C19H32N2O3S/c1-6-8-10-16(7-2)14-20-19(22)17-11-9-12-18(13-17)25(23,24)21(5)15(3)4/h9,11-13,15-16H,6-8,10,14H2,1-5H3,(H,20,22). The monoisotopic (exact) mass is 368 g/mol. The number of sulfonamides is 1. The molecule has 0 aliphatic rings. The molecular weight excluding hydrogens is 336 g/mol. The molecule has 1 atom stereocenters. The number of carbonyl (C=O) groups is 1. The highest BCUT2D eigenvalue weighted by Crippen LogP contribution is 2.18. The van der Waals surface area contributed by atoms with Crippen molar-refractivity contribution in [2.75, 3.05) is 13.6 Å². The predicted molar refractivity (Wildman–Crippen MR) is 102 cm³/mol. The van der Waals surface area contributed by atoms with Gasteiger partial charge in [0.05, 0.1) is 4.90 Å². The van der Waals surface area contributed by atoms with E-state index < -0.39 is 10.0 Å².